The third kappa shape index (κ3) is 5.11. The molecule has 1 fully saturated rings. The summed E-state index contributed by atoms with van der Waals surface area (Å²) in [5.74, 6) is 2.29. The van der Waals surface area contributed by atoms with Gasteiger partial charge < -0.3 is 19.3 Å². The minimum Gasteiger partial charge on any atom is -0.439 e. The number of halogens is 2. The number of benzene rings is 1. The summed E-state index contributed by atoms with van der Waals surface area (Å²) >= 11 is 11.7. The SMILES string of the molecule is O=C(Oc1ccc(Oc2ccc(Cl)cn2)cc1)N1CCN(c2ccc(Cl)cn2)CC1. The molecule has 0 radical (unpaired) electrons. The van der Waals surface area contributed by atoms with E-state index in [1.165, 1.54) is 6.20 Å². The largest absolute Gasteiger partial charge is 0.439 e. The van der Waals surface area contributed by atoms with E-state index in [0.29, 0.717) is 53.6 Å². The Morgan fingerprint density at radius 2 is 1.43 bits per heavy atom. The average molecular weight is 445 g/mol. The molecule has 1 aromatic carbocycles. The maximum Gasteiger partial charge on any atom is 0.415 e. The standard InChI is InChI=1S/C21H18Cl2N4O3/c22-15-1-7-19(24-13-15)26-9-11-27(12-10-26)21(28)30-18-5-3-17(4-6-18)29-20-8-2-16(23)14-25-20/h1-8,13-14H,9-12H2. The van der Waals surface area contributed by atoms with E-state index in [2.05, 4.69) is 14.9 Å². The highest BCUT2D eigenvalue weighted by Gasteiger charge is 2.23. The van der Waals surface area contributed by atoms with Crippen molar-refractivity contribution in [1.82, 2.24) is 14.9 Å². The van der Waals surface area contributed by atoms with Gasteiger partial charge in [-0.25, -0.2) is 14.8 Å². The Balaban J connectivity index is 1.28. The van der Waals surface area contributed by atoms with Gasteiger partial charge in [0.15, 0.2) is 0 Å². The number of pyridine rings is 2. The van der Waals surface area contributed by atoms with Gasteiger partial charge in [0.25, 0.3) is 0 Å². The lowest BCUT2D eigenvalue weighted by Gasteiger charge is -2.34. The van der Waals surface area contributed by atoms with Crippen LogP contribution in [0.25, 0.3) is 0 Å². The molecular weight excluding hydrogens is 427 g/mol. The minimum atomic E-state index is -0.383. The first kappa shape index (κ1) is 20.3. The molecule has 30 heavy (non-hydrogen) atoms. The number of carbonyl (C=O) groups is 1. The highest BCUT2D eigenvalue weighted by molar-refractivity contribution is 6.30. The summed E-state index contributed by atoms with van der Waals surface area (Å²) in [6.45, 7) is 2.44. The number of amides is 1. The van der Waals surface area contributed by atoms with Gasteiger partial charge in [0.2, 0.25) is 5.88 Å². The molecule has 0 N–H and O–H groups in total. The van der Waals surface area contributed by atoms with Gasteiger partial charge in [0, 0.05) is 44.6 Å². The van der Waals surface area contributed by atoms with Crippen molar-refractivity contribution in [2.75, 3.05) is 31.1 Å². The molecule has 4 rings (SSSR count). The fourth-order valence-electron chi connectivity index (χ4n) is 2.96. The molecule has 1 aliphatic rings. The first-order chi connectivity index (χ1) is 14.6. The molecule has 0 unspecified atom stereocenters. The van der Waals surface area contributed by atoms with Crippen molar-refractivity contribution in [1.29, 1.82) is 0 Å². The molecule has 154 valence electrons. The van der Waals surface area contributed by atoms with Crippen LogP contribution in [0, 0.1) is 0 Å². The summed E-state index contributed by atoms with van der Waals surface area (Å²) in [5.41, 5.74) is 0. The topological polar surface area (TPSA) is 67.8 Å². The molecule has 0 saturated carbocycles. The van der Waals surface area contributed by atoms with E-state index in [4.69, 9.17) is 32.7 Å². The number of aromatic nitrogens is 2. The summed E-state index contributed by atoms with van der Waals surface area (Å²) in [5, 5.41) is 1.14. The van der Waals surface area contributed by atoms with Crippen molar-refractivity contribution in [2.24, 2.45) is 0 Å². The van der Waals surface area contributed by atoms with E-state index in [9.17, 15) is 4.79 Å². The maximum atomic E-state index is 12.5. The van der Waals surface area contributed by atoms with Gasteiger partial charge in [-0.3, -0.25) is 0 Å². The minimum absolute atomic E-state index is 0.383. The predicted octanol–water partition coefficient (Wildman–Crippen LogP) is 4.90. The molecule has 0 spiro atoms. The van der Waals surface area contributed by atoms with E-state index >= 15 is 0 Å². The molecule has 2 aromatic heterocycles. The predicted molar refractivity (Wildman–Crippen MR) is 115 cm³/mol. The molecule has 0 aliphatic carbocycles. The van der Waals surface area contributed by atoms with E-state index in [1.807, 2.05) is 6.07 Å². The zero-order valence-electron chi connectivity index (χ0n) is 15.9. The molecule has 0 bridgehead atoms. The molecule has 1 aliphatic heterocycles. The highest BCUT2D eigenvalue weighted by Crippen LogP contribution is 2.24. The Kier molecular flexibility index (Phi) is 6.21. The number of anilines is 1. The van der Waals surface area contributed by atoms with Crippen molar-refractivity contribution in [2.45, 2.75) is 0 Å². The number of piperazine rings is 1. The Morgan fingerprint density at radius 3 is 2.03 bits per heavy atom. The first-order valence-corrected chi connectivity index (χ1v) is 10.1. The summed E-state index contributed by atoms with van der Waals surface area (Å²) in [4.78, 5) is 24.6. The number of rotatable bonds is 4. The Labute approximate surface area is 183 Å². The average Bonchev–Trinajstić information content (AvgIpc) is 2.77. The fourth-order valence-corrected chi connectivity index (χ4v) is 3.18. The molecule has 3 aromatic rings. The fraction of sp³-hybridized carbons (Fsp3) is 0.190. The second-order valence-electron chi connectivity index (χ2n) is 6.56. The third-order valence-electron chi connectivity index (χ3n) is 4.53. The van der Waals surface area contributed by atoms with Crippen LogP contribution in [0.5, 0.6) is 17.4 Å². The van der Waals surface area contributed by atoms with Crippen molar-refractivity contribution in [3.05, 3.63) is 71.0 Å². The lowest BCUT2D eigenvalue weighted by Crippen LogP contribution is -2.49. The molecule has 1 amide bonds. The van der Waals surface area contributed by atoms with Gasteiger partial charge in [0.05, 0.1) is 10.0 Å². The van der Waals surface area contributed by atoms with Crippen LogP contribution in [0.1, 0.15) is 0 Å². The zero-order valence-corrected chi connectivity index (χ0v) is 17.4. The van der Waals surface area contributed by atoms with Gasteiger partial charge in [-0.15, -0.1) is 0 Å². The quantitative estimate of drug-likeness (QED) is 0.570. The van der Waals surface area contributed by atoms with Gasteiger partial charge in [-0.2, -0.15) is 0 Å². The lowest BCUT2D eigenvalue weighted by molar-refractivity contribution is 0.149. The summed E-state index contributed by atoms with van der Waals surface area (Å²) in [6, 6.07) is 13.8. The van der Waals surface area contributed by atoms with E-state index < -0.39 is 0 Å². The van der Waals surface area contributed by atoms with E-state index in [0.717, 1.165) is 5.82 Å². The Hall–Kier alpha value is -3.03. The second kappa shape index (κ2) is 9.19. The van der Waals surface area contributed by atoms with Crippen LogP contribution in [-0.2, 0) is 0 Å². The highest BCUT2D eigenvalue weighted by atomic mass is 35.5. The molecule has 7 nitrogen and oxygen atoms in total. The maximum absolute atomic E-state index is 12.5. The Bertz CT molecular complexity index is 990. The van der Waals surface area contributed by atoms with Crippen LogP contribution in [0.15, 0.2) is 60.9 Å². The normalized spacial score (nSPS) is 13.8. The first-order valence-electron chi connectivity index (χ1n) is 9.29. The van der Waals surface area contributed by atoms with Crippen LogP contribution >= 0.6 is 23.2 Å². The van der Waals surface area contributed by atoms with Crippen LogP contribution in [-0.4, -0.2) is 47.1 Å². The van der Waals surface area contributed by atoms with E-state index in [-0.39, 0.29) is 6.09 Å². The van der Waals surface area contributed by atoms with E-state index in [1.54, 1.807) is 53.6 Å². The molecule has 3 heterocycles. The zero-order chi connectivity index (χ0) is 20.9. The van der Waals surface area contributed by atoms with Gasteiger partial charge >= 0.3 is 6.09 Å². The van der Waals surface area contributed by atoms with Gasteiger partial charge in [-0.05, 0) is 42.5 Å². The molecular formula is C21H18Cl2N4O3. The number of hydrogen-bond acceptors (Lipinski definition) is 6. The second-order valence-corrected chi connectivity index (χ2v) is 7.44. The number of hydrogen-bond donors (Lipinski definition) is 0. The Morgan fingerprint density at radius 1 is 0.800 bits per heavy atom. The summed E-state index contributed by atoms with van der Waals surface area (Å²) in [6.07, 6.45) is 2.75. The van der Waals surface area contributed by atoms with Gasteiger partial charge in [0.1, 0.15) is 17.3 Å². The van der Waals surface area contributed by atoms with Crippen LogP contribution in [0.2, 0.25) is 10.0 Å². The smallest absolute Gasteiger partial charge is 0.415 e. The number of nitrogens with zero attached hydrogens (tertiary/aromatic N) is 4. The lowest BCUT2D eigenvalue weighted by atomic mass is 10.3. The van der Waals surface area contributed by atoms with Crippen molar-refractivity contribution in [3.8, 4) is 17.4 Å². The third-order valence-corrected chi connectivity index (χ3v) is 4.97. The van der Waals surface area contributed by atoms with Gasteiger partial charge in [-0.1, -0.05) is 23.2 Å². The van der Waals surface area contributed by atoms with Crippen LogP contribution < -0.4 is 14.4 Å². The van der Waals surface area contributed by atoms with Crippen molar-refractivity contribution >= 4 is 35.1 Å². The number of ether oxygens (including phenoxy) is 2. The summed E-state index contributed by atoms with van der Waals surface area (Å²) in [7, 11) is 0. The monoisotopic (exact) mass is 444 g/mol. The van der Waals surface area contributed by atoms with Crippen LogP contribution in [0.4, 0.5) is 10.6 Å². The molecule has 0 atom stereocenters. The van der Waals surface area contributed by atoms with Crippen LogP contribution in [0.3, 0.4) is 0 Å². The number of carbonyl (C=O) groups excluding carboxylic acids is 1. The van der Waals surface area contributed by atoms with Crippen molar-refractivity contribution < 1.29 is 14.3 Å². The summed E-state index contributed by atoms with van der Waals surface area (Å²) < 4.78 is 11.1. The van der Waals surface area contributed by atoms with Crippen molar-refractivity contribution in [3.63, 3.8) is 0 Å². The molecule has 9 heteroatoms. The molecule has 1 saturated heterocycles.